The van der Waals surface area contributed by atoms with Crippen molar-refractivity contribution in [3.05, 3.63) is 37.2 Å². The number of anilines is 1. The van der Waals surface area contributed by atoms with Crippen LogP contribution in [-0.2, 0) is 11.5 Å². The maximum atomic E-state index is 6.11. The lowest BCUT2D eigenvalue weighted by Crippen LogP contribution is -2.50. The Morgan fingerprint density at radius 1 is 1.15 bits per heavy atom. The van der Waals surface area contributed by atoms with Crippen LogP contribution in [0, 0.1) is 0 Å². The van der Waals surface area contributed by atoms with Crippen molar-refractivity contribution in [2.75, 3.05) is 31.1 Å². The number of fused-ring (bicyclic) bond motifs is 1. The van der Waals surface area contributed by atoms with Gasteiger partial charge in [-0.3, -0.25) is 0 Å². The van der Waals surface area contributed by atoms with Crippen molar-refractivity contribution in [3.63, 3.8) is 0 Å². The maximum absolute atomic E-state index is 6.11. The van der Waals surface area contributed by atoms with Gasteiger partial charge in [-0.05, 0) is 37.9 Å². The molecule has 0 bridgehead atoms. The number of ether oxygens (including phenoxy) is 1. The van der Waals surface area contributed by atoms with E-state index in [1.54, 1.807) is 6.33 Å². The van der Waals surface area contributed by atoms with Crippen molar-refractivity contribution in [3.8, 4) is 11.1 Å². The van der Waals surface area contributed by atoms with Crippen LogP contribution in [0.2, 0.25) is 25.7 Å². The molecule has 2 aliphatic heterocycles. The number of pyridine rings is 1. The summed E-state index contributed by atoms with van der Waals surface area (Å²) < 4.78 is 8.26. The largest absolute Gasteiger partial charge is 0.369 e. The molecular weight excluding hydrogens is 428 g/mol. The first kappa shape index (κ1) is 22.5. The molecule has 176 valence electrons. The van der Waals surface area contributed by atoms with E-state index in [0.29, 0.717) is 6.73 Å². The van der Waals surface area contributed by atoms with Crippen molar-refractivity contribution in [1.82, 2.24) is 24.8 Å². The average molecular weight is 465 g/mol. The van der Waals surface area contributed by atoms with Gasteiger partial charge in [-0.1, -0.05) is 26.1 Å². The maximum Gasteiger partial charge on any atom is 0.144 e. The van der Waals surface area contributed by atoms with Crippen molar-refractivity contribution in [2.45, 2.75) is 63.6 Å². The molecule has 0 aromatic carbocycles. The Balaban J connectivity index is 1.49. The zero-order chi connectivity index (χ0) is 22.9. The number of nitrogens with one attached hydrogen (secondary N) is 1. The van der Waals surface area contributed by atoms with Crippen LogP contribution in [0.5, 0.6) is 0 Å². The summed E-state index contributed by atoms with van der Waals surface area (Å²) >= 11 is 0. The van der Waals surface area contributed by atoms with Crippen LogP contribution in [-0.4, -0.2) is 59.4 Å². The van der Waals surface area contributed by atoms with Crippen LogP contribution in [0.15, 0.2) is 37.2 Å². The third kappa shape index (κ3) is 4.83. The highest BCUT2D eigenvalue weighted by atomic mass is 28.3. The first-order valence-corrected chi connectivity index (χ1v) is 16.0. The number of aromatic nitrogens is 4. The molecule has 2 aliphatic rings. The van der Waals surface area contributed by atoms with Crippen LogP contribution in [0.25, 0.3) is 22.2 Å². The van der Waals surface area contributed by atoms with Crippen LogP contribution in [0.1, 0.15) is 25.7 Å². The van der Waals surface area contributed by atoms with Gasteiger partial charge in [-0.15, -0.1) is 0 Å². The molecule has 3 aromatic heterocycles. The van der Waals surface area contributed by atoms with E-state index in [-0.39, 0.29) is 5.54 Å². The van der Waals surface area contributed by atoms with E-state index in [9.17, 15) is 0 Å². The average Bonchev–Trinajstić information content (AvgIpc) is 3.39. The number of hydrogen-bond acceptors (Lipinski definition) is 6. The van der Waals surface area contributed by atoms with Gasteiger partial charge in [0.2, 0.25) is 0 Å². The Hall–Kier alpha value is -2.29. The van der Waals surface area contributed by atoms with Gasteiger partial charge in [0.1, 0.15) is 18.7 Å². The minimum absolute atomic E-state index is 0.256. The lowest BCUT2D eigenvalue weighted by Gasteiger charge is -2.35. The SMILES string of the molecule is C[Si](C)(C)CCOCn1cc(-c2cncnc2)c2c(N3CCC4(CCCCN4)C3)ccnc21. The summed E-state index contributed by atoms with van der Waals surface area (Å²) in [5, 5.41) is 5.02. The van der Waals surface area contributed by atoms with E-state index < -0.39 is 8.07 Å². The summed E-state index contributed by atoms with van der Waals surface area (Å²) in [7, 11) is -1.12. The van der Waals surface area contributed by atoms with Gasteiger partial charge in [-0.2, -0.15) is 0 Å². The fourth-order valence-electron chi connectivity index (χ4n) is 5.22. The Kier molecular flexibility index (Phi) is 6.24. The van der Waals surface area contributed by atoms with E-state index in [1.165, 1.54) is 36.8 Å². The predicted octanol–water partition coefficient (Wildman–Crippen LogP) is 4.53. The molecule has 0 saturated carbocycles. The summed E-state index contributed by atoms with van der Waals surface area (Å²) in [6, 6.07) is 3.33. The van der Waals surface area contributed by atoms with Gasteiger partial charge in [0, 0.05) is 74.9 Å². The monoisotopic (exact) mass is 464 g/mol. The molecule has 1 N–H and O–H groups in total. The molecule has 3 aromatic rings. The number of piperidine rings is 1. The van der Waals surface area contributed by atoms with Crippen molar-refractivity contribution >= 4 is 24.8 Å². The molecule has 1 spiro atoms. The molecule has 5 rings (SSSR count). The summed E-state index contributed by atoms with van der Waals surface area (Å²) in [5.74, 6) is 0. The molecular formula is C25H36N6OSi. The van der Waals surface area contributed by atoms with Crippen LogP contribution in [0.3, 0.4) is 0 Å². The van der Waals surface area contributed by atoms with Crippen LogP contribution in [0.4, 0.5) is 5.69 Å². The first-order valence-electron chi connectivity index (χ1n) is 12.3. The Morgan fingerprint density at radius 2 is 2.00 bits per heavy atom. The molecule has 0 radical (unpaired) electrons. The normalized spacial score (nSPS) is 21.4. The van der Waals surface area contributed by atoms with Gasteiger partial charge < -0.3 is 19.5 Å². The second-order valence-electron chi connectivity index (χ2n) is 10.9. The third-order valence-corrected chi connectivity index (χ3v) is 8.81. The molecule has 0 amide bonds. The van der Waals surface area contributed by atoms with Crippen LogP contribution >= 0.6 is 0 Å². The van der Waals surface area contributed by atoms with Crippen LogP contribution < -0.4 is 10.2 Å². The summed E-state index contributed by atoms with van der Waals surface area (Å²) in [6.07, 6.45) is 14.6. The Labute approximate surface area is 197 Å². The molecule has 1 unspecified atom stereocenters. The Bertz CT molecular complexity index is 1090. The molecule has 8 heteroatoms. The number of nitrogens with zero attached hydrogens (tertiary/aromatic N) is 5. The molecule has 5 heterocycles. The number of rotatable bonds is 7. The smallest absolute Gasteiger partial charge is 0.144 e. The van der Waals surface area contributed by atoms with E-state index in [4.69, 9.17) is 9.72 Å². The minimum atomic E-state index is -1.12. The fraction of sp³-hybridized carbons (Fsp3) is 0.560. The molecule has 2 fully saturated rings. The lowest BCUT2D eigenvalue weighted by molar-refractivity contribution is 0.0899. The summed E-state index contributed by atoms with van der Waals surface area (Å²) in [5.41, 5.74) is 4.62. The van der Waals surface area contributed by atoms with Gasteiger partial charge in [0.15, 0.2) is 0 Å². The second-order valence-corrected chi connectivity index (χ2v) is 16.5. The zero-order valence-corrected chi connectivity index (χ0v) is 21.2. The van der Waals surface area contributed by atoms with Gasteiger partial charge >= 0.3 is 0 Å². The lowest BCUT2D eigenvalue weighted by atomic mass is 9.88. The standard InChI is InChI=1S/C25H36N6OSi/c1-33(2,3)13-12-32-19-31-16-21(20-14-26-18-27-15-20)23-22(6-10-28-24(23)31)30-11-8-25(17-30)7-4-5-9-29-25/h6,10,14-16,18,29H,4-5,7-9,11-13,17,19H2,1-3H3. The van der Waals surface area contributed by atoms with E-state index >= 15 is 0 Å². The van der Waals surface area contributed by atoms with Gasteiger partial charge in [-0.25, -0.2) is 15.0 Å². The summed E-state index contributed by atoms with van der Waals surface area (Å²) in [6.45, 7) is 11.7. The highest BCUT2D eigenvalue weighted by molar-refractivity contribution is 6.76. The highest BCUT2D eigenvalue weighted by Gasteiger charge is 2.39. The quantitative estimate of drug-likeness (QED) is 0.409. The minimum Gasteiger partial charge on any atom is -0.369 e. The molecule has 1 atom stereocenters. The van der Waals surface area contributed by atoms with Gasteiger partial charge in [0.05, 0.1) is 5.39 Å². The van der Waals surface area contributed by atoms with E-state index in [2.05, 4.69) is 56.7 Å². The summed E-state index contributed by atoms with van der Waals surface area (Å²) in [4.78, 5) is 15.9. The molecule has 2 saturated heterocycles. The second kappa shape index (κ2) is 9.16. The van der Waals surface area contributed by atoms with E-state index in [0.717, 1.165) is 49.1 Å². The van der Waals surface area contributed by atoms with Gasteiger partial charge in [0.25, 0.3) is 0 Å². The molecule has 7 nitrogen and oxygen atoms in total. The fourth-order valence-corrected chi connectivity index (χ4v) is 5.97. The topological polar surface area (TPSA) is 68.1 Å². The molecule has 33 heavy (non-hydrogen) atoms. The van der Waals surface area contributed by atoms with Crippen molar-refractivity contribution in [2.24, 2.45) is 0 Å². The Morgan fingerprint density at radius 3 is 2.76 bits per heavy atom. The van der Waals surface area contributed by atoms with Crippen molar-refractivity contribution in [1.29, 1.82) is 0 Å². The third-order valence-electron chi connectivity index (χ3n) is 7.11. The highest BCUT2D eigenvalue weighted by Crippen LogP contribution is 2.40. The zero-order valence-electron chi connectivity index (χ0n) is 20.2. The van der Waals surface area contributed by atoms with Crippen molar-refractivity contribution < 1.29 is 4.74 Å². The predicted molar refractivity (Wildman–Crippen MR) is 136 cm³/mol. The number of hydrogen-bond donors (Lipinski definition) is 1. The van der Waals surface area contributed by atoms with E-state index in [1.807, 2.05) is 18.6 Å². The first-order chi connectivity index (χ1) is 15.9. The molecule has 0 aliphatic carbocycles.